The third kappa shape index (κ3) is 3.90. The van der Waals surface area contributed by atoms with Gasteiger partial charge in [0.2, 0.25) is 0 Å². The number of benzene rings is 1. The van der Waals surface area contributed by atoms with Crippen LogP contribution in [0.3, 0.4) is 0 Å². The summed E-state index contributed by atoms with van der Waals surface area (Å²) in [6.45, 7) is 12.0. The van der Waals surface area contributed by atoms with Crippen LogP contribution in [0.15, 0.2) is 22.9 Å². The summed E-state index contributed by atoms with van der Waals surface area (Å²) in [6, 6.07) is 1.75. The van der Waals surface area contributed by atoms with Crippen LogP contribution in [0.25, 0.3) is 0 Å². The van der Waals surface area contributed by atoms with Crippen molar-refractivity contribution < 1.29 is 18.8 Å². The second-order valence-electron chi connectivity index (χ2n) is 8.83. The highest BCUT2D eigenvalue weighted by atomic mass is 35.5. The lowest BCUT2D eigenvalue weighted by Crippen LogP contribution is -2.41. The minimum absolute atomic E-state index is 0.349. The van der Waals surface area contributed by atoms with Crippen LogP contribution in [0.2, 0.25) is 5.02 Å². The van der Waals surface area contributed by atoms with E-state index in [0.29, 0.717) is 22.3 Å². The Morgan fingerprint density at radius 3 is 2.45 bits per heavy atom. The molecule has 7 heteroatoms. The molecule has 0 aromatic heterocycles. The summed E-state index contributed by atoms with van der Waals surface area (Å²) in [5.74, 6) is 0.707. The van der Waals surface area contributed by atoms with Crippen molar-refractivity contribution in [1.29, 1.82) is 0 Å². The summed E-state index contributed by atoms with van der Waals surface area (Å²) in [5.41, 5.74) is 2.99. The molecule has 1 aliphatic carbocycles. The van der Waals surface area contributed by atoms with Crippen LogP contribution in [0.5, 0.6) is 5.75 Å². The summed E-state index contributed by atoms with van der Waals surface area (Å²) in [7, 11) is 1.19. The van der Waals surface area contributed by atoms with Gasteiger partial charge in [0, 0.05) is 18.3 Å². The SMILES string of the molecule is CN=C1CCC(C)/C1=C/Oc1c(C=O)cc(B2OC(C)(C)C(C)(C)O2)c(C)c1Cl. The fraction of sp³-hybridized carbons (Fsp3) is 0.545. The minimum Gasteiger partial charge on any atom is -0.462 e. The highest BCUT2D eigenvalue weighted by molar-refractivity contribution is 6.63. The molecule has 1 aromatic carbocycles. The fourth-order valence-electron chi connectivity index (χ4n) is 3.67. The largest absolute Gasteiger partial charge is 0.495 e. The highest BCUT2D eigenvalue weighted by Crippen LogP contribution is 2.39. The lowest BCUT2D eigenvalue weighted by molar-refractivity contribution is 0.00578. The summed E-state index contributed by atoms with van der Waals surface area (Å²) < 4.78 is 18.2. The lowest BCUT2D eigenvalue weighted by atomic mass is 9.75. The molecule has 0 amide bonds. The molecular formula is C22H29BClNO4. The molecule has 1 unspecified atom stereocenters. The van der Waals surface area contributed by atoms with E-state index in [1.165, 1.54) is 0 Å². The Labute approximate surface area is 178 Å². The maximum Gasteiger partial charge on any atom is 0.495 e. The van der Waals surface area contributed by atoms with Crippen LogP contribution in [-0.4, -0.2) is 37.4 Å². The van der Waals surface area contributed by atoms with E-state index >= 15 is 0 Å². The molecule has 0 spiro atoms. The Morgan fingerprint density at radius 2 is 1.90 bits per heavy atom. The number of ether oxygens (including phenoxy) is 1. The van der Waals surface area contributed by atoms with Crippen molar-refractivity contribution in [3.8, 4) is 5.75 Å². The second-order valence-corrected chi connectivity index (χ2v) is 9.21. The number of rotatable bonds is 4. The second kappa shape index (κ2) is 7.90. The Balaban J connectivity index is 1.98. The van der Waals surface area contributed by atoms with Crippen molar-refractivity contribution in [2.45, 2.75) is 65.6 Å². The van der Waals surface area contributed by atoms with E-state index < -0.39 is 18.3 Å². The van der Waals surface area contributed by atoms with E-state index in [-0.39, 0.29) is 0 Å². The molecule has 29 heavy (non-hydrogen) atoms. The van der Waals surface area contributed by atoms with E-state index in [9.17, 15) is 4.79 Å². The zero-order valence-electron chi connectivity index (χ0n) is 18.3. The molecule has 1 saturated carbocycles. The Hall–Kier alpha value is -1.63. The average molecular weight is 418 g/mol. The molecule has 1 heterocycles. The average Bonchev–Trinajstić information content (AvgIpc) is 3.11. The zero-order valence-corrected chi connectivity index (χ0v) is 19.0. The van der Waals surface area contributed by atoms with Crippen LogP contribution in [0.1, 0.15) is 63.4 Å². The molecule has 1 aliphatic heterocycles. The van der Waals surface area contributed by atoms with Gasteiger partial charge in [-0.05, 0) is 70.5 Å². The number of aldehydes is 1. The summed E-state index contributed by atoms with van der Waals surface area (Å²) >= 11 is 6.64. The van der Waals surface area contributed by atoms with Crippen molar-refractivity contribution in [3.63, 3.8) is 0 Å². The van der Waals surface area contributed by atoms with Crippen LogP contribution in [0, 0.1) is 12.8 Å². The summed E-state index contributed by atoms with van der Waals surface area (Å²) in [5, 5.41) is 0.386. The lowest BCUT2D eigenvalue weighted by Gasteiger charge is -2.32. The van der Waals surface area contributed by atoms with Crippen molar-refractivity contribution in [2.75, 3.05) is 7.05 Å². The summed E-state index contributed by atoms with van der Waals surface area (Å²) in [4.78, 5) is 16.2. The first-order chi connectivity index (χ1) is 13.5. The third-order valence-electron chi connectivity index (χ3n) is 6.42. The van der Waals surface area contributed by atoms with E-state index in [1.54, 1.807) is 19.4 Å². The van der Waals surface area contributed by atoms with Crippen molar-refractivity contribution >= 4 is 36.2 Å². The number of aliphatic imine (C=N–C) groups is 1. The molecule has 2 fully saturated rings. The van der Waals surface area contributed by atoms with Crippen LogP contribution in [-0.2, 0) is 9.31 Å². The third-order valence-corrected chi connectivity index (χ3v) is 6.88. The smallest absolute Gasteiger partial charge is 0.462 e. The van der Waals surface area contributed by atoms with E-state index in [1.807, 2.05) is 34.6 Å². The molecule has 2 aliphatic rings. The first-order valence-electron chi connectivity index (χ1n) is 9.99. The van der Waals surface area contributed by atoms with Gasteiger partial charge in [0.1, 0.15) is 0 Å². The van der Waals surface area contributed by atoms with Gasteiger partial charge in [0.05, 0.1) is 28.1 Å². The quantitative estimate of drug-likeness (QED) is 0.410. The van der Waals surface area contributed by atoms with Gasteiger partial charge in [-0.1, -0.05) is 18.5 Å². The molecule has 5 nitrogen and oxygen atoms in total. The minimum atomic E-state index is -0.600. The Bertz CT molecular complexity index is 875. The molecule has 0 bridgehead atoms. The molecule has 156 valence electrons. The molecule has 0 N–H and O–H groups in total. The standard InChI is InChI=1S/C22H29BClNO4/c1-13-8-9-18(25-7)16(13)12-27-20-15(11-26)10-17(14(2)19(20)24)23-28-21(3,4)22(5,6)29-23/h10-13H,8-9H2,1-7H3/b16-12-,25-18?. The number of hydrogen-bond donors (Lipinski definition) is 0. The van der Waals surface area contributed by atoms with Gasteiger partial charge in [0.15, 0.2) is 12.0 Å². The predicted octanol–water partition coefficient (Wildman–Crippen LogP) is 4.52. The molecular weight excluding hydrogens is 389 g/mol. The van der Waals surface area contributed by atoms with Gasteiger partial charge in [-0.3, -0.25) is 9.79 Å². The van der Waals surface area contributed by atoms with Crippen molar-refractivity contribution in [2.24, 2.45) is 10.9 Å². The Kier molecular flexibility index (Phi) is 6.01. The zero-order chi connectivity index (χ0) is 21.6. The first kappa shape index (κ1) is 22.1. The fourth-order valence-corrected chi connectivity index (χ4v) is 3.93. The number of carbonyl (C=O) groups is 1. The maximum atomic E-state index is 11.8. The molecule has 1 atom stereocenters. The number of nitrogens with zero attached hydrogens (tertiary/aromatic N) is 1. The van der Waals surface area contributed by atoms with Crippen molar-refractivity contribution in [3.05, 3.63) is 34.1 Å². The first-order valence-corrected chi connectivity index (χ1v) is 10.4. The maximum absolute atomic E-state index is 11.8. The van der Waals surface area contributed by atoms with Crippen LogP contribution >= 0.6 is 11.6 Å². The van der Waals surface area contributed by atoms with Crippen LogP contribution in [0.4, 0.5) is 0 Å². The van der Waals surface area contributed by atoms with Gasteiger partial charge in [-0.25, -0.2) is 0 Å². The normalized spacial score (nSPS) is 25.8. The van der Waals surface area contributed by atoms with Crippen LogP contribution < -0.4 is 10.2 Å². The predicted molar refractivity (Wildman–Crippen MR) is 118 cm³/mol. The van der Waals surface area contributed by atoms with Gasteiger partial charge in [-0.15, -0.1) is 0 Å². The summed E-state index contributed by atoms with van der Waals surface area (Å²) in [6.07, 6.45) is 4.40. The monoisotopic (exact) mass is 417 g/mol. The molecule has 1 saturated heterocycles. The van der Waals surface area contributed by atoms with Crippen molar-refractivity contribution in [1.82, 2.24) is 0 Å². The number of hydrogen-bond acceptors (Lipinski definition) is 5. The molecule has 0 radical (unpaired) electrons. The molecule has 3 rings (SSSR count). The van der Waals surface area contributed by atoms with Gasteiger partial charge < -0.3 is 14.0 Å². The van der Waals surface area contributed by atoms with E-state index in [4.69, 9.17) is 25.6 Å². The number of allylic oxidation sites excluding steroid dienone is 1. The van der Waals surface area contributed by atoms with Gasteiger partial charge in [0.25, 0.3) is 0 Å². The number of carbonyl (C=O) groups excluding carboxylic acids is 1. The van der Waals surface area contributed by atoms with Gasteiger partial charge >= 0.3 is 7.12 Å². The Morgan fingerprint density at radius 1 is 1.28 bits per heavy atom. The van der Waals surface area contributed by atoms with E-state index in [2.05, 4.69) is 11.9 Å². The van der Waals surface area contributed by atoms with E-state index in [0.717, 1.165) is 41.4 Å². The van der Waals surface area contributed by atoms with Gasteiger partial charge in [-0.2, -0.15) is 0 Å². The topological polar surface area (TPSA) is 57.1 Å². The highest BCUT2D eigenvalue weighted by Gasteiger charge is 2.52. The number of halogens is 1. The molecule has 1 aromatic rings.